The fraction of sp³-hybridized carbons (Fsp3) is 0.346. The van der Waals surface area contributed by atoms with Crippen molar-refractivity contribution in [2.75, 3.05) is 13.7 Å². The number of aromatic nitrogens is 3. The van der Waals surface area contributed by atoms with Gasteiger partial charge in [-0.15, -0.1) is 0 Å². The van der Waals surface area contributed by atoms with Crippen LogP contribution in [0.25, 0.3) is 22.0 Å². The first-order valence-electron chi connectivity index (χ1n) is 11.6. The summed E-state index contributed by atoms with van der Waals surface area (Å²) in [7, 11) is 1.36. The van der Waals surface area contributed by atoms with Crippen molar-refractivity contribution in [3.05, 3.63) is 77.2 Å². The van der Waals surface area contributed by atoms with Gasteiger partial charge >= 0.3 is 12.4 Å². The quantitative estimate of drug-likeness (QED) is 0.279. The highest BCUT2D eigenvalue weighted by Gasteiger charge is 2.38. The number of benzene rings is 2. The first-order valence-corrected chi connectivity index (χ1v) is 11.6. The van der Waals surface area contributed by atoms with E-state index >= 15 is 0 Å². The number of hydrogen-bond acceptors (Lipinski definition) is 3. The van der Waals surface area contributed by atoms with E-state index in [0.29, 0.717) is 24.0 Å². The van der Waals surface area contributed by atoms with Crippen LogP contribution in [0.2, 0.25) is 0 Å². The Morgan fingerprint density at radius 3 is 2.54 bits per heavy atom. The third kappa shape index (κ3) is 4.97. The number of rotatable bonds is 5. The van der Waals surface area contributed by atoms with Gasteiger partial charge < -0.3 is 14.5 Å². The fourth-order valence-corrected chi connectivity index (χ4v) is 4.95. The SMILES string of the molecule is COCn1nc(C(F)(F)F)cc1C1CC(c2[nH]c3ccccc3c2-c2cccc(C(F)(F)F)c2)CCO1. The molecule has 2 atom stereocenters. The Bertz CT molecular complexity index is 1410. The molecule has 0 radical (unpaired) electrons. The van der Waals surface area contributed by atoms with Crippen LogP contribution in [-0.2, 0) is 28.6 Å². The predicted octanol–water partition coefficient (Wildman–Crippen LogP) is 7.31. The molecule has 1 fully saturated rings. The smallest absolute Gasteiger partial charge is 0.372 e. The summed E-state index contributed by atoms with van der Waals surface area (Å²) in [6.07, 6.45) is -8.98. The van der Waals surface area contributed by atoms with Gasteiger partial charge in [0.1, 0.15) is 6.73 Å². The topological polar surface area (TPSA) is 52.1 Å². The second kappa shape index (κ2) is 9.53. The molecule has 11 heteroatoms. The molecule has 1 saturated heterocycles. The van der Waals surface area contributed by atoms with Crippen LogP contribution in [0.4, 0.5) is 26.3 Å². The standard InChI is InChI=1S/C26H23F6N3O2/c1-36-14-35-20(13-22(34-35)26(30,31)32)21-12-16(9-10-37-21)24-23(18-7-2-3-8-19(18)33-24)15-5-4-6-17(11-15)25(27,28)29/h2-8,11,13,16,21,33H,9-10,12,14H2,1H3. The van der Waals surface area contributed by atoms with Crippen molar-refractivity contribution in [3.8, 4) is 11.1 Å². The van der Waals surface area contributed by atoms with Crippen LogP contribution in [-0.4, -0.2) is 28.5 Å². The van der Waals surface area contributed by atoms with Crippen molar-refractivity contribution >= 4 is 10.9 Å². The average molecular weight is 523 g/mol. The van der Waals surface area contributed by atoms with Crippen LogP contribution in [0.5, 0.6) is 0 Å². The predicted molar refractivity (Wildman–Crippen MR) is 124 cm³/mol. The minimum atomic E-state index is -4.63. The Morgan fingerprint density at radius 1 is 1.03 bits per heavy atom. The lowest BCUT2D eigenvalue weighted by atomic mass is 9.86. The Morgan fingerprint density at radius 2 is 1.81 bits per heavy atom. The second-order valence-electron chi connectivity index (χ2n) is 8.99. The molecule has 0 aliphatic carbocycles. The monoisotopic (exact) mass is 523 g/mol. The second-order valence-corrected chi connectivity index (χ2v) is 8.99. The zero-order chi connectivity index (χ0) is 26.4. The molecule has 0 spiro atoms. The van der Waals surface area contributed by atoms with Gasteiger partial charge in [-0.05, 0) is 42.7 Å². The first-order chi connectivity index (χ1) is 17.6. The van der Waals surface area contributed by atoms with E-state index in [1.54, 1.807) is 6.07 Å². The molecule has 2 unspecified atom stereocenters. The summed E-state index contributed by atoms with van der Waals surface area (Å²) in [5.41, 5.74) is 0.979. The lowest BCUT2D eigenvalue weighted by Gasteiger charge is -2.30. The summed E-state index contributed by atoms with van der Waals surface area (Å²) in [5, 5.41) is 4.42. The summed E-state index contributed by atoms with van der Waals surface area (Å²) in [6, 6.07) is 13.4. The first kappa shape index (κ1) is 25.3. The highest BCUT2D eigenvalue weighted by Crippen LogP contribution is 2.45. The van der Waals surface area contributed by atoms with Crippen molar-refractivity contribution in [1.29, 1.82) is 0 Å². The Balaban J connectivity index is 1.56. The maximum Gasteiger partial charge on any atom is 0.435 e. The summed E-state index contributed by atoms with van der Waals surface area (Å²) < 4.78 is 92.6. The lowest BCUT2D eigenvalue weighted by molar-refractivity contribution is -0.141. The number of ether oxygens (including phenoxy) is 2. The summed E-state index contributed by atoms with van der Waals surface area (Å²) in [5.74, 6) is -0.212. The van der Waals surface area contributed by atoms with Gasteiger partial charge in [0, 0.05) is 41.8 Å². The van der Waals surface area contributed by atoms with Crippen LogP contribution < -0.4 is 0 Å². The molecular weight excluding hydrogens is 500 g/mol. The van der Waals surface area contributed by atoms with Crippen molar-refractivity contribution in [1.82, 2.24) is 14.8 Å². The Hall–Kier alpha value is -3.31. The molecule has 1 N–H and O–H groups in total. The molecule has 0 amide bonds. The highest BCUT2D eigenvalue weighted by molar-refractivity contribution is 5.97. The van der Waals surface area contributed by atoms with Gasteiger partial charge in [0.25, 0.3) is 0 Å². The van der Waals surface area contributed by atoms with Crippen molar-refractivity contribution in [3.63, 3.8) is 0 Å². The Kier molecular flexibility index (Phi) is 6.53. The van der Waals surface area contributed by atoms with Crippen LogP contribution in [0.1, 0.15) is 47.5 Å². The van der Waals surface area contributed by atoms with Crippen LogP contribution in [0.3, 0.4) is 0 Å². The van der Waals surface area contributed by atoms with Gasteiger partial charge in [-0.2, -0.15) is 31.4 Å². The summed E-state index contributed by atoms with van der Waals surface area (Å²) >= 11 is 0. The fourth-order valence-electron chi connectivity index (χ4n) is 4.95. The zero-order valence-electron chi connectivity index (χ0n) is 19.7. The number of hydrogen-bond donors (Lipinski definition) is 1. The van der Waals surface area contributed by atoms with Crippen LogP contribution in [0, 0.1) is 0 Å². The number of H-pyrrole nitrogens is 1. The molecule has 2 aromatic heterocycles. The normalized spacial score (nSPS) is 19.0. The minimum absolute atomic E-state index is 0.183. The number of methoxy groups -OCH3 is 1. The van der Waals surface area contributed by atoms with E-state index in [2.05, 4.69) is 10.1 Å². The summed E-state index contributed by atoms with van der Waals surface area (Å²) in [4.78, 5) is 3.37. The molecule has 2 aromatic carbocycles. The largest absolute Gasteiger partial charge is 0.435 e. The van der Waals surface area contributed by atoms with Gasteiger partial charge in [0.2, 0.25) is 0 Å². The number of alkyl halides is 6. The van der Waals surface area contributed by atoms with Crippen LogP contribution in [0.15, 0.2) is 54.6 Å². The maximum atomic E-state index is 13.5. The zero-order valence-corrected chi connectivity index (χ0v) is 19.7. The molecule has 0 bridgehead atoms. The van der Waals surface area contributed by atoms with E-state index in [-0.39, 0.29) is 24.9 Å². The van der Waals surface area contributed by atoms with Crippen molar-refractivity contribution in [2.45, 2.75) is 43.9 Å². The number of nitrogens with zero attached hydrogens (tertiary/aromatic N) is 2. The van der Waals surface area contributed by atoms with Gasteiger partial charge in [0.15, 0.2) is 5.69 Å². The molecule has 37 heavy (non-hydrogen) atoms. The van der Waals surface area contributed by atoms with Crippen molar-refractivity contribution < 1.29 is 35.8 Å². The molecule has 196 valence electrons. The van der Waals surface area contributed by atoms with Gasteiger partial charge in [-0.3, -0.25) is 0 Å². The lowest BCUT2D eigenvalue weighted by Crippen LogP contribution is -2.22. The molecule has 5 rings (SSSR count). The molecular formula is C26H23F6N3O2. The third-order valence-corrected chi connectivity index (χ3v) is 6.59. The maximum absolute atomic E-state index is 13.5. The Labute approximate surface area is 208 Å². The molecule has 3 heterocycles. The minimum Gasteiger partial charge on any atom is -0.372 e. The van der Waals surface area contributed by atoms with Crippen LogP contribution >= 0.6 is 0 Å². The third-order valence-electron chi connectivity index (χ3n) is 6.59. The molecule has 1 aliphatic heterocycles. The van der Waals surface area contributed by atoms with E-state index < -0.39 is 29.7 Å². The van der Waals surface area contributed by atoms with E-state index in [9.17, 15) is 26.3 Å². The number of fused-ring (bicyclic) bond motifs is 1. The van der Waals surface area contributed by atoms with E-state index in [1.807, 2.05) is 24.3 Å². The van der Waals surface area contributed by atoms with E-state index in [1.165, 1.54) is 13.2 Å². The molecule has 5 nitrogen and oxygen atoms in total. The average Bonchev–Trinajstić information content (AvgIpc) is 3.46. The van der Waals surface area contributed by atoms with Gasteiger partial charge in [-0.25, -0.2) is 4.68 Å². The molecule has 4 aromatic rings. The van der Waals surface area contributed by atoms with E-state index in [0.717, 1.165) is 39.5 Å². The van der Waals surface area contributed by atoms with Crippen molar-refractivity contribution in [2.24, 2.45) is 0 Å². The number of nitrogens with one attached hydrogen (secondary N) is 1. The highest BCUT2D eigenvalue weighted by atomic mass is 19.4. The van der Waals surface area contributed by atoms with Gasteiger partial charge in [0.05, 0.1) is 17.4 Å². The number of para-hydroxylation sites is 1. The number of aromatic amines is 1. The molecule has 1 aliphatic rings. The summed E-state index contributed by atoms with van der Waals surface area (Å²) in [6.45, 7) is 0.0735. The van der Waals surface area contributed by atoms with E-state index in [4.69, 9.17) is 9.47 Å². The van der Waals surface area contributed by atoms with Gasteiger partial charge in [-0.1, -0.05) is 30.3 Å². The number of halogens is 6. The molecule has 0 saturated carbocycles.